The zero-order valence-electron chi connectivity index (χ0n) is 24.3. The topological polar surface area (TPSA) is 96.0 Å². The summed E-state index contributed by atoms with van der Waals surface area (Å²) in [6, 6.07) is 20.5. The number of rotatable bonds is 12. The SMILES string of the molecule is COc1ccc(S(=O)(=O)N(CC(=O)N(CCc2ccccc2)[C@H](C)C(=O)NC2CCCC2)c2ccc(C)cc2)cc1Br. The molecular weight excluding hydrogens is 618 g/mol. The number of hydrogen-bond acceptors (Lipinski definition) is 5. The molecule has 1 aliphatic carbocycles. The van der Waals surface area contributed by atoms with Crippen molar-refractivity contribution in [2.24, 2.45) is 0 Å². The van der Waals surface area contributed by atoms with Gasteiger partial charge in [0.2, 0.25) is 11.8 Å². The van der Waals surface area contributed by atoms with Crippen LogP contribution in [0.15, 0.2) is 82.2 Å². The average molecular weight is 657 g/mol. The van der Waals surface area contributed by atoms with Crippen LogP contribution in [0.2, 0.25) is 0 Å². The Morgan fingerprint density at radius 1 is 1.02 bits per heavy atom. The largest absolute Gasteiger partial charge is 0.496 e. The van der Waals surface area contributed by atoms with E-state index in [0.29, 0.717) is 22.3 Å². The third kappa shape index (κ3) is 7.72. The first kappa shape index (κ1) is 31.6. The van der Waals surface area contributed by atoms with Crippen LogP contribution in [0.5, 0.6) is 5.75 Å². The van der Waals surface area contributed by atoms with Crippen molar-refractivity contribution in [3.05, 3.63) is 88.4 Å². The molecule has 0 bridgehead atoms. The number of benzene rings is 3. The summed E-state index contributed by atoms with van der Waals surface area (Å²) in [5, 5.41) is 3.09. The van der Waals surface area contributed by atoms with Gasteiger partial charge < -0.3 is 15.0 Å². The highest BCUT2D eigenvalue weighted by atomic mass is 79.9. The van der Waals surface area contributed by atoms with Crippen LogP contribution in [0.25, 0.3) is 0 Å². The average Bonchev–Trinajstić information content (AvgIpc) is 3.50. The zero-order chi connectivity index (χ0) is 30.3. The van der Waals surface area contributed by atoms with Gasteiger partial charge in [0, 0.05) is 12.6 Å². The summed E-state index contributed by atoms with van der Waals surface area (Å²) in [4.78, 5) is 28.9. The van der Waals surface area contributed by atoms with E-state index in [-0.39, 0.29) is 23.4 Å². The molecule has 4 rings (SSSR count). The predicted molar refractivity (Wildman–Crippen MR) is 168 cm³/mol. The summed E-state index contributed by atoms with van der Waals surface area (Å²) < 4.78 is 35.0. The second-order valence-corrected chi connectivity index (χ2v) is 13.3. The standard InChI is InChI=1S/C32H38BrN3O5S/c1-23-13-15-27(16-14-23)36(42(39,40)28-17-18-30(41-3)29(33)21-28)22-31(37)35(20-19-25-9-5-4-6-10-25)24(2)32(38)34-26-11-7-8-12-26/h4-6,9-10,13-18,21,24,26H,7-8,11-12,19-20,22H2,1-3H3,(H,34,38)/t24-/m1/s1. The first-order valence-corrected chi connectivity index (χ1v) is 16.4. The summed E-state index contributed by atoms with van der Waals surface area (Å²) in [7, 11) is -2.68. The fourth-order valence-corrected chi connectivity index (χ4v) is 7.27. The lowest BCUT2D eigenvalue weighted by Gasteiger charge is -2.32. The number of hydrogen-bond donors (Lipinski definition) is 1. The number of aryl methyl sites for hydroxylation is 1. The van der Waals surface area contributed by atoms with E-state index < -0.39 is 28.5 Å². The molecule has 1 saturated carbocycles. The lowest BCUT2D eigenvalue weighted by Crippen LogP contribution is -2.53. The lowest BCUT2D eigenvalue weighted by molar-refractivity contribution is -0.139. The molecule has 10 heteroatoms. The van der Waals surface area contributed by atoms with Crippen LogP contribution in [0, 0.1) is 6.92 Å². The molecule has 42 heavy (non-hydrogen) atoms. The zero-order valence-corrected chi connectivity index (χ0v) is 26.7. The van der Waals surface area contributed by atoms with E-state index in [1.54, 1.807) is 37.3 Å². The first-order valence-electron chi connectivity index (χ1n) is 14.2. The van der Waals surface area contributed by atoms with Gasteiger partial charge in [0.05, 0.1) is 22.2 Å². The van der Waals surface area contributed by atoms with Gasteiger partial charge in [0.25, 0.3) is 10.0 Å². The maximum atomic E-state index is 14.1. The van der Waals surface area contributed by atoms with Crippen molar-refractivity contribution in [1.82, 2.24) is 10.2 Å². The molecule has 3 aromatic carbocycles. The molecule has 0 spiro atoms. The minimum atomic E-state index is -4.18. The number of amides is 2. The molecule has 8 nitrogen and oxygen atoms in total. The Kier molecular flexibility index (Phi) is 10.7. The van der Waals surface area contributed by atoms with Crippen LogP contribution in [-0.4, -0.2) is 57.4 Å². The van der Waals surface area contributed by atoms with E-state index in [0.717, 1.165) is 41.1 Å². The first-order chi connectivity index (χ1) is 20.1. The number of carbonyl (C=O) groups is 2. The van der Waals surface area contributed by atoms with Crippen molar-refractivity contribution in [2.45, 2.75) is 62.9 Å². The van der Waals surface area contributed by atoms with Crippen molar-refractivity contribution >= 4 is 43.5 Å². The Morgan fingerprint density at radius 2 is 1.69 bits per heavy atom. The Morgan fingerprint density at radius 3 is 2.31 bits per heavy atom. The summed E-state index contributed by atoms with van der Waals surface area (Å²) in [6.07, 6.45) is 4.51. The maximum absolute atomic E-state index is 14.1. The molecule has 2 amide bonds. The van der Waals surface area contributed by atoms with Crippen LogP contribution in [0.3, 0.4) is 0 Å². The second kappa shape index (κ2) is 14.2. The minimum absolute atomic E-state index is 0.00594. The molecule has 0 aliphatic heterocycles. The fraction of sp³-hybridized carbons (Fsp3) is 0.375. The molecular formula is C32H38BrN3O5S. The van der Waals surface area contributed by atoms with Gasteiger partial charge in [-0.15, -0.1) is 0 Å². The number of nitrogens with zero attached hydrogens (tertiary/aromatic N) is 2. The van der Waals surface area contributed by atoms with Gasteiger partial charge in [-0.2, -0.15) is 0 Å². The molecule has 224 valence electrons. The highest BCUT2D eigenvalue weighted by molar-refractivity contribution is 9.10. The third-order valence-corrected chi connectivity index (χ3v) is 10.1. The molecule has 0 unspecified atom stereocenters. The molecule has 1 atom stereocenters. The predicted octanol–water partition coefficient (Wildman–Crippen LogP) is 5.48. The number of halogens is 1. The highest BCUT2D eigenvalue weighted by Crippen LogP contribution is 2.31. The number of carbonyl (C=O) groups excluding carboxylic acids is 2. The summed E-state index contributed by atoms with van der Waals surface area (Å²) >= 11 is 3.37. The summed E-state index contributed by atoms with van der Waals surface area (Å²) in [5.41, 5.74) is 2.33. The quantitative estimate of drug-likeness (QED) is 0.279. The Bertz CT molecular complexity index is 1480. The minimum Gasteiger partial charge on any atom is -0.496 e. The van der Waals surface area contributed by atoms with Crippen LogP contribution in [-0.2, 0) is 26.0 Å². The second-order valence-electron chi connectivity index (χ2n) is 10.6. The van der Waals surface area contributed by atoms with E-state index in [1.807, 2.05) is 37.3 Å². The van der Waals surface area contributed by atoms with E-state index in [2.05, 4.69) is 21.2 Å². The van der Waals surface area contributed by atoms with Crippen molar-refractivity contribution in [3.8, 4) is 5.75 Å². The molecule has 1 N–H and O–H groups in total. The van der Waals surface area contributed by atoms with E-state index >= 15 is 0 Å². The van der Waals surface area contributed by atoms with Crippen LogP contribution >= 0.6 is 15.9 Å². The number of nitrogens with one attached hydrogen (secondary N) is 1. The van der Waals surface area contributed by atoms with Crippen LogP contribution in [0.4, 0.5) is 5.69 Å². The summed E-state index contributed by atoms with van der Waals surface area (Å²) in [5.74, 6) is -0.204. The molecule has 0 radical (unpaired) electrons. The highest BCUT2D eigenvalue weighted by Gasteiger charge is 2.33. The van der Waals surface area contributed by atoms with Crippen LogP contribution in [0.1, 0.15) is 43.7 Å². The van der Waals surface area contributed by atoms with Gasteiger partial charge in [-0.05, 0) is 84.9 Å². The maximum Gasteiger partial charge on any atom is 0.264 e. The van der Waals surface area contributed by atoms with Crippen molar-refractivity contribution in [1.29, 1.82) is 0 Å². The Labute approximate surface area is 257 Å². The number of methoxy groups -OCH3 is 1. The van der Waals surface area contributed by atoms with Crippen LogP contribution < -0.4 is 14.4 Å². The van der Waals surface area contributed by atoms with Gasteiger partial charge >= 0.3 is 0 Å². The molecule has 0 saturated heterocycles. The Balaban J connectivity index is 1.66. The monoisotopic (exact) mass is 655 g/mol. The van der Waals surface area contributed by atoms with Gasteiger partial charge in [-0.25, -0.2) is 8.42 Å². The molecule has 1 aliphatic rings. The molecule has 0 heterocycles. The van der Waals surface area contributed by atoms with E-state index in [9.17, 15) is 18.0 Å². The van der Waals surface area contributed by atoms with Gasteiger partial charge in [-0.1, -0.05) is 60.9 Å². The van der Waals surface area contributed by atoms with Gasteiger partial charge in [-0.3, -0.25) is 13.9 Å². The van der Waals surface area contributed by atoms with Crippen molar-refractivity contribution in [2.75, 3.05) is 24.5 Å². The van der Waals surface area contributed by atoms with Crippen molar-refractivity contribution in [3.63, 3.8) is 0 Å². The smallest absolute Gasteiger partial charge is 0.264 e. The van der Waals surface area contributed by atoms with Crippen molar-refractivity contribution < 1.29 is 22.7 Å². The third-order valence-electron chi connectivity index (χ3n) is 7.67. The summed E-state index contributed by atoms with van der Waals surface area (Å²) in [6.45, 7) is 3.41. The number of anilines is 1. The molecule has 0 aromatic heterocycles. The van der Waals surface area contributed by atoms with E-state index in [1.165, 1.54) is 24.1 Å². The Hall–Kier alpha value is -3.37. The molecule has 3 aromatic rings. The number of sulfonamides is 1. The lowest BCUT2D eigenvalue weighted by atomic mass is 10.1. The normalized spacial score (nSPS) is 14.3. The number of ether oxygens (including phenoxy) is 1. The van der Waals surface area contributed by atoms with E-state index in [4.69, 9.17) is 4.74 Å². The molecule has 1 fully saturated rings. The van der Waals surface area contributed by atoms with Gasteiger partial charge in [0.1, 0.15) is 18.3 Å². The van der Waals surface area contributed by atoms with Gasteiger partial charge in [0.15, 0.2) is 0 Å². The fourth-order valence-electron chi connectivity index (χ4n) is 5.14.